The van der Waals surface area contributed by atoms with Crippen molar-refractivity contribution in [2.24, 2.45) is 0 Å². The minimum atomic E-state index is -3.18. The van der Waals surface area contributed by atoms with Gasteiger partial charge in [0.15, 0.2) is 9.84 Å². The van der Waals surface area contributed by atoms with E-state index in [-0.39, 0.29) is 23.2 Å². The smallest absolute Gasteiger partial charge is 0.290 e. The number of carbonyl (C=O) groups excluding carboxylic acids is 1. The van der Waals surface area contributed by atoms with Crippen molar-refractivity contribution in [1.29, 1.82) is 0 Å². The van der Waals surface area contributed by atoms with Gasteiger partial charge in [-0.15, -0.1) is 0 Å². The predicted octanol–water partition coefficient (Wildman–Crippen LogP) is 0.340. The maximum Gasteiger partial charge on any atom is 0.290 e. The molecule has 0 spiro atoms. The molecule has 0 aromatic carbocycles. The molecule has 1 N–H and O–H groups in total. The summed E-state index contributed by atoms with van der Waals surface area (Å²) in [6.07, 6.45) is -0.531. The molecule has 20 heavy (non-hydrogen) atoms. The van der Waals surface area contributed by atoms with Gasteiger partial charge >= 0.3 is 0 Å². The highest BCUT2D eigenvalue weighted by atomic mass is 32.2. The van der Waals surface area contributed by atoms with E-state index < -0.39 is 27.9 Å². The second-order valence-corrected chi connectivity index (χ2v) is 7.36. The van der Waals surface area contributed by atoms with Crippen LogP contribution in [0.5, 0.6) is 0 Å². The lowest BCUT2D eigenvalue weighted by Crippen LogP contribution is -2.43. The average molecular weight is 302 g/mol. The molecule has 2 rings (SSSR count). The van der Waals surface area contributed by atoms with Crippen LogP contribution in [0.4, 0.5) is 0 Å². The molecule has 7 nitrogen and oxygen atoms in total. The Hall–Kier alpha value is -1.41. The monoisotopic (exact) mass is 302 g/mol. The maximum absolute atomic E-state index is 12.0. The quantitative estimate of drug-likeness (QED) is 0.861. The SMILES string of the molecule is CO[C@H]1CS(=O)(=O)C[C@@H]1NC(=O)c1cc(C(C)C)no1. The summed E-state index contributed by atoms with van der Waals surface area (Å²) in [4.78, 5) is 12.0. The van der Waals surface area contributed by atoms with Crippen LogP contribution in [0.3, 0.4) is 0 Å². The van der Waals surface area contributed by atoms with Crippen LogP contribution in [-0.2, 0) is 14.6 Å². The molecular formula is C12H18N2O5S. The van der Waals surface area contributed by atoms with Crippen LogP contribution in [0.2, 0.25) is 0 Å². The first-order valence-electron chi connectivity index (χ1n) is 6.33. The topological polar surface area (TPSA) is 98.5 Å². The van der Waals surface area contributed by atoms with Crippen LogP contribution < -0.4 is 5.32 Å². The van der Waals surface area contributed by atoms with Gasteiger partial charge in [0.25, 0.3) is 5.91 Å². The third-order valence-electron chi connectivity index (χ3n) is 3.26. The highest BCUT2D eigenvalue weighted by Gasteiger charge is 2.39. The Bertz CT molecular complexity index is 593. The number of carbonyl (C=O) groups is 1. The number of hydrogen-bond acceptors (Lipinski definition) is 6. The Morgan fingerprint density at radius 2 is 2.20 bits per heavy atom. The molecule has 0 unspecified atom stereocenters. The van der Waals surface area contributed by atoms with E-state index >= 15 is 0 Å². The summed E-state index contributed by atoms with van der Waals surface area (Å²) in [5.74, 6) is -0.454. The van der Waals surface area contributed by atoms with Gasteiger partial charge in [0.05, 0.1) is 29.3 Å². The van der Waals surface area contributed by atoms with Crippen molar-refractivity contribution >= 4 is 15.7 Å². The molecule has 1 fully saturated rings. The van der Waals surface area contributed by atoms with E-state index in [0.717, 1.165) is 0 Å². The minimum Gasteiger partial charge on any atom is -0.378 e. The van der Waals surface area contributed by atoms with Crippen molar-refractivity contribution in [3.63, 3.8) is 0 Å². The van der Waals surface area contributed by atoms with Gasteiger partial charge in [0, 0.05) is 13.2 Å². The van der Waals surface area contributed by atoms with Crippen LogP contribution in [0, 0.1) is 0 Å². The first-order chi connectivity index (χ1) is 9.32. The fraction of sp³-hybridized carbons (Fsp3) is 0.667. The first kappa shape index (κ1) is 15.0. The van der Waals surface area contributed by atoms with E-state index in [9.17, 15) is 13.2 Å². The highest BCUT2D eigenvalue weighted by molar-refractivity contribution is 7.91. The summed E-state index contributed by atoms with van der Waals surface area (Å²) < 4.78 is 33.2. The zero-order valence-electron chi connectivity index (χ0n) is 11.6. The van der Waals surface area contributed by atoms with Crippen LogP contribution in [0.15, 0.2) is 10.6 Å². The lowest BCUT2D eigenvalue weighted by atomic mass is 10.1. The molecule has 2 atom stereocenters. The normalized spacial score (nSPS) is 25.0. The zero-order valence-corrected chi connectivity index (χ0v) is 12.4. The number of nitrogens with zero attached hydrogens (tertiary/aromatic N) is 1. The van der Waals surface area contributed by atoms with E-state index in [4.69, 9.17) is 9.26 Å². The number of rotatable bonds is 4. The van der Waals surface area contributed by atoms with E-state index in [1.807, 2.05) is 13.8 Å². The number of sulfone groups is 1. The fourth-order valence-electron chi connectivity index (χ4n) is 2.09. The third kappa shape index (κ3) is 3.18. The van der Waals surface area contributed by atoms with Gasteiger partial charge in [0.1, 0.15) is 0 Å². The van der Waals surface area contributed by atoms with Crippen LogP contribution >= 0.6 is 0 Å². The Balaban J connectivity index is 2.07. The maximum atomic E-state index is 12.0. The van der Waals surface area contributed by atoms with Crippen LogP contribution in [0.1, 0.15) is 36.0 Å². The van der Waals surface area contributed by atoms with Gasteiger partial charge < -0.3 is 14.6 Å². The van der Waals surface area contributed by atoms with E-state index in [0.29, 0.717) is 5.69 Å². The second-order valence-electron chi connectivity index (χ2n) is 5.20. The second kappa shape index (κ2) is 5.53. The van der Waals surface area contributed by atoms with Crippen molar-refractivity contribution in [2.45, 2.75) is 31.9 Å². The zero-order chi connectivity index (χ0) is 14.9. The Kier molecular flexibility index (Phi) is 4.14. The summed E-state index contributed by atoms with van der Waals surface area (Å²) in [7, 11) is -1.75. The molecule has 8 heteroatoms. The van der Waals surface area contributed by atoms with Crippen molar-refractivity contribution in [2.75, 3.05) is 18.6 Å². The van der Waals surface area contributed by atoms with E-state index in [2.05, 4.69) is 10.5 Å². The number of ether oxygens (including phenoxy) is 1. The lowest BCUT2D eigenvalue weighted by Gasteiger charge is -2.16. The van der Waals surface area contributed by atoms with E-state index in [1.165, 1.54) is 7.11 Å². The molecule has 1 aromatic heterocycles. The molecule has 1 aromatic rings. The predicted molar refractivity (Wildman–Crippen MR) is 71.3 cm³/mol. The number of methoxy groups -OCH3 is 1. The molecule has 1 aliphatic rings. The van der Waals surface area contributed by atoms with Gasteiger partial charge in [-0.3, -0.25) is 4.79 Å². The summed E-state index contributed by atoms with van der Waals surface area (Å²) in [6, 6.07) is 0.996. The standard InChI is InChI=1S/C12H18N2O5S/c1-7(2)8-4-10(19-14-8)12(15)13-9-5-20(16,17)6-11(9)18-3/h4,7,9,11H,5-6H2,1-3H3,(H,13,15)/t9-,11-/m0/s1. The van der Waals surface area contributed by atoms with Gasteiger partial charge in [-0.25, -0.2) is 8.42 Å². The molecule has 112 valence electrons. The number of amides is 1. The largest absolute Gasteiger partial charge is 0.378 e. The molecule has 0 radical (unpaired) electrons. The molecule has 1 aliphatic heterocycles. The molecule has 0 aliphatic carbocycles. The van der Waals surface area contributed by atoms with Gasteiger partial charge in [0.2, 0.25) is 5.76 Å². The Morgan fingerprint density at radius 3 is 2.75 bits per heavy atom. The fourth-order valence-corrected chi connectivity index (χ4v) is 3.94. The Morgan fingerprint density at radius 1 is 1.50 bits per heavy atom. The highest BCUT2D eigenvalue weighted by Crippen LogP contribution is 2.17. The summed E-state index contributed by atoms with van der Waals surface area (Å²) in [5, 5.41) is 6.42. The van der Waals surface area contributed by atoms with Crippen molar-refractivity contribution in [3.05, 3.63) is 17.5 Å². The number of aromatic nitrogens is 1. The van der Waals surface area contributed by atoms with Gasteiger partial charge in [-0.05, 0) is 5.92 Å². The molecule has 1 saturated heterocycles. The van der Waals surface area contributed by atoms with Crippen molar-refractivity contribution in [3.8, 4) is 0 Å². The van der Waals surface area contributed by atoms with Gasteiger partial charge in [-0.1, -0.05) is 19.0 Å². The molecular weight excluding hydrogens is 284 g/mol. The lowest BCUT2D eigenvalue weighted by molar-refractivity contribution is 0.0759. The molecule has 0 saturated carbocycles. The van der Waals surface area contributed by atoms with Crippen LogP contribution in [0.25, 0.3) is 0 Å². The number of nitrogens with one attached hydrogen (secondary N) is 1. The average Bonchev–Trinajstić information content (AvgIpc) is 2.93. The number of hydrogen-bond donors (Lipinski definition) is 1. The van der Waals surface area contributed by atoms with E-state index in [1.54, 1.807) is 6.07 Å². The van der Waals surface area contributed by atoms with Crippen molar-refractivity contribution < 1.29 is 22.5 Å². The molecule has 1 amide bonds. The first-order valence-corrected chi connectivity index (χ1v) is 8.15. The van der Waals surface area contributed by atoms with Crippen LogP contribution in [-0.4, -0.2) is 50.2 Å². The molecule has 0 bridgehead atoms. The van der Waals surface area contributed by atoms with Gasteiger partial charge in [-0.2, -0.15) is 0 Å². The summed E-state index contributed by atoms with van der Waals surface area (Å²) in [6.45, 7) is 3.87. The Labute approximate surface area is 117 Å². The molecule has 2 heterocycles. The minimum absolute atomic E-state index is 0.0767. The summed E-state index contributed by atoms with van der Waals surface area (Å²) >= 11 is 0. The summed E-state index contributed by atoms with van der Waals surface area (Å²) in [5.41, 5.74) is 0.678. The van der Waals surface area contributed by atoms with Crippen molar-refractivity contribution in [1.82, 2.24) is 10.5 Å². The third-order valence-corrected chi connectivity index (χ3v) is 4.97.